The van der Waals surface area contributed by atoms with Gasteiger partial charge >= 0.3 is 5.97 Å². The number of anilines is 1. The Morgan fingerprint density at radius 3 is 2.24 bits per heavy atom. The molecule has 14 heteroatoms. The summed E-state index contributed by atoms with van der Waals surface area (Å²) in [7, 11) is 2.99. The van der Waals surface area contributed by atoms with Crippen molar-refractivity contribution in [3.05, 3.63) is 83.9 Å². The van der Waals surface area contributed by atoms with Gasteiger partial charge in [0.1, 0.15) is 23.6 Å². The third kappa shape index (κ3) is 15.7. The summed E-state index contributed by atoms with van der Waals surface area (Å²) in [6, 6.07) is 16.3. The number of benzene rings is 2. The van der Waals surface area contributed by atoms with Crippen LogP contribution in [0.2, 0.25) is 0 Å². The van der Waals surface area contributed by atoms with Gasteiger partial charge in [0, 0.05) is 31.1 Å². The molecule has 0 aliphatic rings. The lowest BCUT2D eigenvalue weighted by Gasteiger charge is -2.21. The molecule has 0 spiro atoms. The molecule has 1 heterocycles. The molecule has 1 amide bonds. The molecule has 0 bridgehead atoms. The number of hydrogen-bond acceptors (Lipinski definition) is 12. The molecule has 3 rings (SSSR count). The van der Waals surface area contributed by atoms with Crippen LogP contribution in [-0.4, -0.2) is 105 Å². The highest BCUT2D eigenvalue weighted by Crippen LogP contribution is 2.19. The number of nitrogens with zero attached hydrogens (tertiary/aromatic N) is 3. The van der Waals surface area contributed by atoms with Crippen molar-refractivity contribution in [1.29, 1.82) is 10.8 Å². The van der Waals surface area contributed by atoms with E-state index in [4.69, 9.17) is 29.8 Å². The van der Waals surface area contributed by atoms with Gasteiger partial charge in [-0.3, -0.25) is 20.4 Å². The summed E-state index contributed by atoms with van der Waals surface area (Å²) in [5, 5.41) is 22.9. The Balaban J connectivity index is 1.25. The first-order chi connectivity index (χ1) is 24.8. The summed E-state index contributed by atoms with van der Waals surface area (Å²) < 4.78 is 26.8. The van der Waals surface area contributed by atoms with Gasteiger partial charge in [0.15, 0.2) is 5.84 Å². The predicted octanol–water partition coefficient (Wildman–Crippen LogP) is 4.87. The molecule has 0 aliphatic carbocycles. The van der Waals surface area contributed by atoms with Crippen LogP contribution in [0.1, 0.15) is 66.7 Å². The van der Waals surface area contributed by atoms with E-state index in [1.54, 1.807) is 37.5 Å². The van der Waals surface area contributed by atoms with Crippen LogP contribution in [0.25, 0.3) is 0 Å². The Morgan fingerprint density at radius 2 is 1.55 bits per heavy atom. The SMILES string of the molecule is COC(=O)CCOCCOCCOCCCCCCOc1ccc([C@@H](C)NC(=O)c2cccc(NCC(=N)N(C)C(=N)c3ccncn3)c2)cc1. The Hall–Kier alpha value is -4.92. The maximum atomic E-state index is 13.0. The van der Waals surface area contributed by atoms with Gasteiger partial charge in [-0.2, -0.15) is 0 Å². The second-order valence-corrected chi connectivity index (χ2v) is 11.6. The van der Waals surface area contributed by atoms with Gasteiger partial charge in [0.2, 0.25) is 0 Å². The van der Waals surface area contributed by atoms with Crippen LogP contribution in [0.4, 0.5) is 5.69 Å². The Labute approximate surface area is 300 Å². The molecule has 1 atom stereocenters. The number of unbranched alkanes of at least 4 members (excludes halogenated alkanes) is 3. The van der Waals surface area contributed by atoms with E-state index in [1.807, 2.05) is 37.3 Å². The molecule has 0 saturated carbocycles. The fraction of sp³-hybridized carbons (Fsp3) is 0.459. The van der Waals surface area contributed by atoms with E-state index >= 15 is 0 Å². The third-order valence-corrected chi connectivity index (χ3v) is 7.75. The lowest BCUT2D eigenvalue weighted by Crippen LogP contribution is -2.37. The first kappa shape index (κ1) is 40.5. The number of rotatable bonds is 24. The fourth-order valence-corrected chi connectivity index (χ4v) is 4.68. The number of methoxy groups -OCH3 is 1. The average Bonchev–Trinajstić information content (AvgIpc) is 3.16. The number of nitrogens with one attached hydrogen (secondary N) is 4. The second-order valence-electron chi connectivity index (χ2n) is 11.6. The molecule has 0 saturated heterocycles. The molecule has 2 aromatic carbocycles. The zero-order chi connectivity index (χ0) is 36.7. The standard InChI is InChI=1S/C37H51N7O7/c1-28(43-37(46)30-9-8-10-31(25-30)41-26-34(38)44(2)36(39)33-15-17-40-27-42-33)29-11-13-32(14-12-29)51-19-7-5-4-6-18-48-21-23-50-24-22-49-20-16-35(45)47-3/h8-15,17,25,27-28,38-39,41H,4-7,16,18-24,26H2,1-3H3,(H,43,46)/t28-/m1/s1. The Kier molecular flexibility index (Phi) is 18.6. The van der Waals surface area contributed by atoms with Gasteiger partial charge in [0.25, 0.3) is 5.91 Å². The monoisotopic (exact) mass is 705 g/mol. The quantitative estimate of drug-likeness (QED) is 0.0432. The Bertz CT molecular complexity index is 1490. The summed E-state index contributed by atoms with van der Waals surface area (Å²) in [6.07, 6.45) is 7.21. The molecule has 3 aromatic rings. The lowest BCUT2D eigenvalue weighted by atomic mass is 10.1. The zero-order valence-electron chi connectivity index (χ0n) is 29.8. The predicted molar refractivity (Wildman–Crippen MR) is 195 cm³/mol. The molecule has 0 fully saturated rings. The minimum Gasteiger partial charge on any atom is -0.494 e. The molecule has 0 radical (unpaired) electrons. The fourth-order valence-electron chi connectivity index (χ4n) is 4.68. The maximum Gasteiger partial charge on any atom is 0.307 e. The number of aromatic nitrogens is 2. The van der Waals surface area contributed by atoms with Crippen molar-refractivity contribution in [2.24, 2.45) is 0 Å². The van der Waals surface area contributed by atoms with E-state index in [0.29, 0.717) is 63.2 Å². The van der Waals surface area contributed by atoms with Crippen molar-refractivity contribution < 1.29 is 33.3 Å². The molecule has 0 aliphatic heterocycles. The zero-order valence-corrected chi connectivity index (χ0v) is 29.8. The first-order valence-corrected chi connectivity index (χ1v) is 17.1. The van der Waals surface area contributed by atoms with Gasteiger partial charge in [-0.05, 0) is 68.1 Å². The van der Waals surface area contributed by atoms with Gasteiger partial charge in [-0.15, -0.1) is 0 Å². The normalized spacial score (nSPS) is 11.4. The van der Waals surface area contributed by atoms with Crippen LogP contribution < -0.4 is 15.4 Å². The minimum absolute atomic E-state index is 0.0917. The molecule has 0 unspecified atom stereocenters. The number of amidine groups is 2. The van der Waals surface area contributed by atoms with Crippen LogP contribution in [-0.2, 0) is 23.7 Å². The molecular formula is C37H51N7O7. The highest BCUT2D eigenvalue weighted by Gasteiger charge is 2.15. The summed E-state index contributed by atoms with van der Waals surface area (Å²) in [5.41, 5.74) is 2.56. The molecule has 4 N–H and O–H groups in total. The number of likely N-dealkylation sites (N-methyl/N-ethyl adjacent to an activating group) is 1. The van der Waals surface area contributed by atoms with E-state index in [9.17, 15) is 9.59 Å². The van der Waals surface area contributed by atoms with Crippen molar-refractivity contribution in [2.45, 2.75) is 45.1 Å². The molecule has 14 nitrogen and oxygen atoms in total. The number of carbonyl (C=O) groups excluding carboxylic acids is 2. The summed E-state index contributed by atoms with van der Waals surface area (Å²) >= 11 is 0. The minimum atomic E-state index is -0.283. The van der Waals surface area contributed by atoms with Crippen molar-refractivity contribution in [3.63, 3.8) is 0 Å². The van der Waals surface area contributed by atoms with Crippen LogP contribution in [0.3, 0.4) is 0 Å². The van der Waals surface area contributed by atoms with E-state index < -0.39 is 0 Å². The number of hydrogen-bond donors (Lipinski definition) is 4. The largest absolute Gasteiger partial charge is 0.494 e. The number of esters is 1. The van der Waals surface area contributed by atoms with Crippen LogP contribution in [0.15, 0.2) is 67.1 Å². The highest BCUT2D eigenvalue weighted by atomic mass is 16.5. The topological polar surface area (TPSA) is 181 Å². The van der Waals surface area contributed by atoms with E-state index in [1.165, 1.54) is 18.3 Å². The maximum absolute atomic E-state index is 13.0. The van der Waals surface area contributed by atoms with Crippen LogP contribution in [0, 0.1) is 10.8 Å². The van der Waals surface area contributed by atoms with E-state index in [-0.39, 0.29) is 42.6 Å². The van der Waals surface area contributed by atoms with E-state index in [0.717, 1.165) is 37.0 Å². The molecular weight excluding hydrogens is 654 g/mol. The van der Waals surface area contributed by atoms with Crippen molar-refractivity contribution >= 4 is 29.2 Å². The van der Waals surface area contributed by atoms with Gasteiger partial charge in [0.05, 0.1) is 65.8 Å². The smallest absolute Gasteiger partial charge is 0.307 e. The van der Waals surface area contributed by atoms with Crippen LogP contribution in [0.5, 0.6) is 5.75 Å². The average molecular weight is 706 g/mol. The van der Waals surface area contributed by atoms with Gasteiger partial charge in [-0.1, -0.05) is 24.6 Å². The number of carbonyl (C=O) groups is 2. The second kappa shape index (κ2) is 23.5. The summed E-state index contributed by atoms with van der Waals surface area (Å²) in [6.45, 7) is 5.71. The van der Waals surface area contributed by atoms with Crippen molar-refractivity contribution in [1.82, 2.24) is 20.2 Å². The molecule has 1 aromatic heterocycles. The number of amides is 1. The Morgan fingerprint density at radius 1 is 0.863 bits per heavy atom. The van der Waals surface area contributed by atoms with Crippen molar-refractivity contribution in [2.75, 3.05) is 72.3 Å². The van der Waals surface area contributed by atoms with Crippen molar-refractivity contribution in [3.8, 4) is 5.75 Å². The number of ether oxygens (including phenoxy) is 5. The summed E-state index contributed by atoms with van der Waals surface area (Å²) in [5.74, 6) is 0.558. The van der Waals surface area contributed by atoms with E-state index in [2.05, 4.69) is 25.3 Å². The first-order valence-electron chi connectivity index (χ1n) is 17.1. The molecule has 51 heavy (non-hydrogen) atoms. The van der Waals surface area contributed by atoms with Gasteiger partial charge in [-0.25, -0.2) is 9.97 Å². The van der Waals surface area contributed by atoms with Crippen LogP contribution >= 0.6 is 0 Å². The molecule has 276 valence electrons. The third-order valence-electron chi connectivity index (χ3n) is 7.75. The lowest BCUT2D eigenvalue weighted by molar-refractivity contribution is -0.141. The highest BCUT2D eigenvalue weighted by molar-refractivity contribution is 6.06. The summed E-state index contributed by atoms with van der Waals surface area (Å²) in [4.78, 5) is 33.4. The van der Waals surface area contributed by atoms with Gasteiger partial charge < -0.3 is 39.2 Å².